The highest BCUT2D eigenvalue weighted by molar-refractivity contribution is 5.91. The Morgan fingerprint density at radius 3 is 2.57 bits per heavy atom. The number of oxazole rings is 1. The number of nitrogens with zero attached hydrogens (tertiary/aromatic N) is 3. The minimum absolute atomic E-state index is 0.0455. The van der Waals surface area contributed by atoms with Crippen molar-refractivity contribution in [2.45, 2.75) is 13.5 Å². The lowest BCUT2D eigenvalue weighted by molar-refractivity contribution is 0.0596. The average Bonchev–Trinajstić information content (AvgIpc) is 3.44. The molecule has 4 aromatic rings. The summed E-state index contributed by atoms with van der Waals surface area (Å²) >= 11 is 0. The molecule has 5 rings (SSSR count). The summed E-state index contributed by atoms with van der Waals surface area (Å²) in [5.41, 5.74) is 1.93. The number of piperazine rings is 1. The van der Waals surface area contributed by atoms with Crippen LogP contribution in [0, 0.1) is 6.92 Å². The fourth-order valence-corrected chi connectivity index (χ4v) is 3.90. The van der Waals surface area contributed by atoms with E-state index in [1.165, 1.54) is 17.0 Å². The zero-order valence-corrected chi connectivity index (χ0v) is 16.9. The molecule has 0 unspecified atom stereocenters. The molecule has 1 amide bonds. The van der Waals surface area contributed by atoms with Crippen molar-refractivity contribution in [1.82, 2.24) is 14.8 Å². The predicted molar refractivity (Wildman–Crippen MR) is 114 cm³/mol. The quantitative estimate of drug-likeness (QED) is 0.509. The van der Waals surface area contributed by atoms with E-state index < -0.39 is 0 Å². The van der Waals surface area contributed by atoms with Crippen molar-refractivity contribution in [1.29, 1.82) is 0 Å². The van der Waals surface area contributed by atoms with Crippen LogP contribution >= 0.6 is 0 Å². The molecule has 0 bridgehead atoms. The Labute approximate surface area is 174 Å². The molecule has 0 radical (unpaired) electrons. The van der Waals surface area contributed by atoms with E-state index in [0.717, 1.165) is 30.1 Å². The maximum absolute atomic E-state index is 12.4. The second-order valence-corrected chi connectivity index (χ2v) is 7.63. The number of hydrogen-bond donors (Lipinski definition) is 0. The summed E-state index contributed by atoms with van der Waals surface area (Å²) in [6, 6.07) is 18.0. The van der Waals surface area contributed by atoms with Gasteiger partial charge in [-0.2, -0.15) is 0 Å². The summed E-state index contributed by atoms with van der Waals surface area (Å²) in [6.07, 6.45) is 1.53. The minimum atomic E-state index is -0.0455. The van der Waals surface area contributed by atoms with Crippen LogP contribution in [0.15, 0.2) is 69.7 Å². The molecule has 152 valence electrons. The molecule has 6 nitrogen and oxygen atoms in total. The van der Waals surface area contributed by atoms with Gasteiger partial charge in [0.1, 0.15) is 5.76 Å². The first-order chi connectivity index (χ1) is 14.7. The number of carbonyl (C=O) groups is 1. The van der Waals surface area contributed by atoms with E-state index in [-0.39, 0.29) is 5.91 Å². The molecule has 6 heteroatoms. The molecule has 0 spiro atoms. The third-order valence-corrected chi connectivity index (χ3v) is 5.65. The largest absolute Gasteiger partial charge is 0.459 e. The van der Waals surface area contributed by atoms with Gasteiger partial charge in [0.25, 0.3) is 5.91 Å². The number of rotatable bonds is 4. The van der Waals surface area contributed by atoms with Crippen molar-refractivity contribution < 1.29 is 13.6 Å². The van der Waals surface area contributed by atoms with Gasteiger partial charge in [0.15, 0.2) is 5.76 Å². The van der Waals surface area contributed by atoms with Gasteiger partial charge in [-0.15, -0.1) is 0 Å². The van der Waals surface area contributed by atoms with Gasteiger partial charge in [0.2, 0.25) is 5.89 Å². The predicted octanol–water partition coefficient (Wildman–Crippen LogP) is 4.35. The molecule has 0 saturated carbocycles. The van der Waals surface area contributed by atoms with Crippen LogP contribution in [0.5, 0.6) is 0 Å². The van der Waals surface area contributed by atoms with Crippen molar-refractivity contribution in [3.63, 3.8) is 0 Å². The molecule has 0 aliphatic carbocycles. The van der Waals surface area contributed by atoms with Crippen LogP contribution in [-0.4, -0.2) is 46.9 Å². The maximum Gasteiger partial charge on any atom is 0.289 e. The lowest BCUT2D eigenvalue weighted by atomic mass is 10.1. The van der Waals surface area contributed by atoms with Crippen molar-refractivity contribution in [3.05, 3.63) is 78.1 Å². The first-order valence-electron chi connectivity index (χ1n) is 10.2. The number of amides is 1. The number of aromatic nitrogens is 1. The second kappa shape index (κ2) is 7.80. The summed E-state index contributed by atoms with van der Waals surface area (Å²) in [5, 5.41) is 2.37. The molecule has 0 N–H and O–H groups in total. The molecular formula is C24H23N3O3. The molecule has 0 atom stereocenters. The van der Waals surface area contributed by atoms with Gasteiger partial charge < -0.3 is 13.7 Å². The van der Waals surface area contributed by atoms with Gasteiger partial charge in [-0.3, -0.25) is 9.69 Å². The maximum atomic E-state index is 12.4. The normalized spacial score (nSPS) is 15.0. The molecule has 1 saturated heterocycles. The topological polar surface area (TPSA) is 62.7 Å². The monoisotopic (exact) mass is 401 g/mol. The molecular weight excluding hydrogens is 378 g/mol. The van der Waals surface area contributed by atoms with E-state index in [1.807, 2.05) is 24.0 Å². The summed E-state index contributed by atoms with van der Waals surface area (Å²) in [5.74, 6) is 1.85. The van der Waals surface area contributed by atoms with Crippen molar-refractivity contribution in [2.75, 3.05) is 26.2 Å². The number of furan rings is 1. The SMILES string of the molecule is Cc1oc(-c2ccc3ccccc3c2)nc1CN1CCN(C(=O)c2ccco2)CC1. The van der Waals surface area contributed by atoms with Gasteiger partial charge >= 0.3 is 0 Å². The van der Waals surface area contributed by atoms with Crippen LogP contribution in [0.3, 0.4) is 0 Å². The summed E-state index contributed by atoms with van der Waals surface area (Å²) in [4.78, 5) is 21.3. The molecule has 1 aliphatic heterocycles. The Balaban J connectivity index is 1.26. The smallest absolute Gasteiger partial charge is 0.289 e. The van der Waals surface area contributed by atoms with E-state index in [2.05, 4.69) is 35.2 Å². The Kier molecular flexibility index (Phi) is 4.85. The fourth-order valence-electron chi connectivity index (χ4n) is 3.90. The minimum Gasteiger partial charge on any atom is -0.459 e. The average molecular weight is 401 g/mol. The summed E-state index contributed by atoms with van der Waals surface area (Å²) < 4.78 is 11.2. The first-order valence-corrected chi connectivity index (χ1v) is 10.2. The number of aryl methyl sites for hydroxylation is 1. The highest BCUT2D eigenvalue weighted by atomic mass is 16.4. The van der Waals surface area contributed by atoms with Crippen LogP contribution < -0.4 is 0 Å². The van der Waals surface area contributed by atoms with E-state index >= 15 is 0 Å². The van der Waals surface area contributed by atoms with Gasteiger partial charge in [-0.1, -0.05) is 30.3 Å². The Morgan fingerprint density at radius 1 is 1.00 bits per heavy atom. The van der Waals surface area contributed by atoms with Crippen LogP contribution in [0.2, 0.25) is 0 Å². The Hall–Kier alpha value is -3.38. The summed E-state index contributed by atoms with van der Waals surface area (Å²) in [6.45, 7) is 5.62. The lowest BCUT2D eigenvalue weighted by Crippen LogP contribution is -2.48. The van der Waals surface area contributed by atoms with Crippen molar-refractivity contribution in [2.24, 2.45) is 0 Å². The van der Waals surface area contributed by atoms with Crippen LogP contribution in [0.4, 0.5) is 0 Å². The zero-order valence-electron chi connectivity index (χ0n) is 16.9. The number of carbonyl (C=O) groups excluding carboxylic acids is 1. The molecule has 2 aromatic heterocycles. The number of hydrogen-bond acceptors (Lipinski definition) is 5. The first kappa shape index (κ1) is 18.6. The zero-order chi connectivity index (χ0) is 20.5. The van der Waals surface area contributed by atoms with Crippen molar-refractivity contribution >= 4 is 16.7 Å². The summed E-state index contributed by atoms with van der Waals surface area (Å²) in [7, 11) is 0. The highest BCUT2D eigenvalue weighted by Gasteiger charge is 2.25. The van der Waals surface area contributed by atoms with E-state index in [1.54, 1.807) is 12.1 Å². The molecule has 2 aromatic carbocycles. The number of fused-ring (bicyclic) bond motifs is 1. The Bertz CT molecular complexity index is 1170. The highest BCUT2D eigenvalue weighted by Crippen LogP contribution is 2.26. The molecule has 3 heterocycles. The van der Waals surface area contributed by atoms with Gasteiger partial charge in [0.05, 0.1) is 12.0 Å². The molecule has 30 heavy (non-hydrogen) atoms. The van der Waals surface area contributed by atoms with Gasteiger partial charge in [-0.25, -0.2) is 4.98 Å². The van der Waals surface area contributed by atoms with Crippen LogP contribution in [-0.2, 0) is 6.54 Å². The third kappa shape index (κ3) is 3.62. The molecule has 1 fully saturated rings. The van der Waals surface area contributed by atoms with E-state index in [0.29, 0.717) is 31.3 Å². The third-order valence-electron chi connectivity index (χ3n) is 5.65. The second-order valence-electron chi connectivity index (χ2n) is 7.63. The molecule has 1 aliphatic rings. The van der Waals surface area contributed by atoms with Crippen molar-refractivity contribution in [3.8, 4) is 11.5 Å². The number of benzene rings is 2. The Morgan fingerprint density at radius 2 is 1.80 bits per heavy atom. The van der Waals surface area contributed by atoms with E-state index in [9.17, 15) is 4.79 Å². The standard InChI is InChI=1S/C24H23N3O3/c1-17-21(16-26-10-12-27(13-11-26)24(28)22-7-4-14-29-22)25-23(30-17)20-9-8-18-5-2-3-6-19(18)15-20/h2-9,14-15H,10-13,16H2,1H3. The van der Waals surface area contributed by atoms with E-state index in [4.69, 9.17) is 13.8 Å². The lowest BCUT2D eigenvalue weighted by Gasteiger charge is -2.33. The fraction of sp³-hybridized carbons (Fsp3) is 0.250. The van der Waals surface area contributed by atoms with Crippen LogP contribution in [0.1, 0.15) is 22.0 Å². The van der Waals surface area contributed by atoms with Gasteiger partial charge in [0, 0.05) is 38.3 Å². The van der Waals surface area contributed by atoms with Gasteiger partial charge in [-0.05, 0) is 42.0 Å². The van der Waals surface area contributed by atoms with Crippen LogP contribution in [0.25, 0.3) is 22.2 Å².